The van der Waals surface area contributed by atoms with Crippen LogP contribution in [0.3, 0.4) is 0 Å². The zero-order chi connectivity index (χ0) is 13.0. The molecule has 1 aromatic carbocycles. The highest BCUT2D eigenvalue weighted by Crippen LogP contribution is 2.26. The molecule has 3 heteroatoms. The highest BCUT2D eigenvalue weighted by molar-refractivity contribution is 7.99. The van der Waals surface area contributed by atoms with Crippen LogP contribution in [0, 0.1) is 11.8 Å². The van der Waals surface area contributed by atoms with E-state index in [1.54, 1.807) is 0 Å². The first-order valence-electron chi connectivity index (χ1n) is 6.73. The molecule has 1 nitrogen and oxygen atoms in total. The van der Waals surface area contributed by atoms with Gasteiger partial charge in [-0.15, -0.1) is 0 Å². The molecule has 0 aromatic heterocycles. The molecule has 0 spiro atoms. The molecule has 1 N–H and O–H groups in total. The standard InChI is InChI=1S/C15H22ClNS/c1-11(2)15(13-3-5-14(16)6-4-13)17-9-12-7-8-18-10-12/h3-6,11-12,15,17H,7-10H2,1-2H3. The molecule has 1 saturated heterocycles. The van der Waals surface area contributed by atoms with Crippen LogP contribution in [0.25, 0.3) is 0 Å². The third-order valence-electron chi connectivity index (χ3n) is 3.55. The van der Waals surface area contributed by atoms with E-state index in [1.807, 2.05) is 12.1 Å². The second-order valence-electron chi connectivity index (χ2n) is 5.41. The molecule has 1 aliphatic heterocycles. The summed E-state index contributed by atoms with van der Waals surface area (Å²) < 4.78 is 0. The average molecular weight is 284 g/mol. The van der Waals surface area contributed by atoms with Crippen molar-refractivity contribution in [3.63, 3.8) is 0 Å². The van der Waals surface area contributed by atoms with E-state index in [2.05, 4.69) is 43.1 Å². The van der Waals surface area contributed by atoms with Gasteiger partial charge in [-0.1, -0.05) is 37.6 Å². The minimum absolute atomic E-state index is 0.438. The zero-order valence-electron chi connectivity index (χ0n) is 11.2. The minimum atomic E-state index is 0.438. The summed E-state index contributed by atoms with van der Waals surface area (Å²) in [7, 11) is 0. The number of halogens is 1. The Kier molecular flexibility index (Phi) is 5.40. The van der Waals surface area contributed by atoms with Crippen LogP contribution in [0.1, 0.15) is 31.9 Å². The van der Waals surface area contributed by atoms with E-state index in [0.29, 0.717) is 12.0 Å². The highest BCUT2D eigenvalue weighted by Gasteiger charge is 2.20. The molecule has 1 heterocycles. The monoisotopic (exact) mass is 283 g/mol. The van der Waals surface area contributed by atoms with Gasteiger partial charge in [-0.2, -0.15) is 11.8 Å². The Balaban J connectivity index is 1.96. The van der Waals surface area contributed by atoms with Crippen molar-refractivity contribution in [2.24, 2.45) is 11.8 Å². The Morgan fingerprint density at radius 2 is 2.06 bits per heavy atom. The van der Waals surface area contributed by atoms with Crippen molar-refractivity contribution in [2.75, 3.05) is 18.1 Å². The Bertz CT molecular complexity index is 357. The number of thioether (sulfide) groups is 1. The van der Waals surface area contributed by atoms with Crippen molar-refractivity contribution < 1.29 is 0 Å². The minimum Gasteiger partial charge on any atom is -0.309 e. The fourth-order valence-corrected chi connectivity index (χ4v) is 3.86. The first-order valence-corrected chi connectivity index (χ1v) is 8.26. The lowest BCUT2D eigenvalue weighted by atomic mass is 9.95. The summed E-state index contributed by atoms with van der Waals surface area (Å²) in [5.74, 6) is 4.10. The maximum absolute atomic E-state index is 5.95. The first kappa shape index (κ1) is 14.2. The van der Waals surface area contributed by atoms with Gasteiger partial charge in [0.1, 0.15) is 0 Å². The van der Waals surface area contributed by atoms with E-state index in [9.17, 15) is 0 Å². The Labute approximate surface area is 120 Å². The summed E-state index contributed by atoms with van der Waals surface area (Å²) in [4.78, 5) is 0. The van der Waals surface area contributed by atoms with Gasteiger partial charge in [-0.3, -0.25) is 0 Å². The van der Waals surface area contributed by atoms with E-state index in [4.69, 9.17) is 11.6 Å². The lowest BCUT2D eigenvalue weighted by molar-refractivity contribution is 0.381. The molecule has 18 heavy (non-hydrogen) atoms. The van der Waals surface area contributed by atoms with E-state index >= 15 is 0 Å². The van der Waals surface area contributed by atoms with Crippen LogP contribution in [0.5, 0.6) is 0 Å². The van der Waals surface area contributed by atoms with Gasteiger partial charge in [0.05, 0.1) is 0 Å². The second-order valence-corrected chi connectivity index (χ2v) is 7.00. The van der Waals surface area contributed by atoms with Crippen LogP contribution >= 0.6 is 23.4 Å². The summed E-state index contributed by atoms with van der Waals surface area (Å²) in [5, 5.41) is 4.55. The molecule has 0 bridgehead atoms. The van der Waals surface area contributed by atoms with Crippen LogP contribution in [0.2, 0.25) is 5.02 Å². The Hall–Kier alpha value is -0.180. The number of benzene rings is 1. The molecule has 2 atom stereocenters. The number of rotatable bonds is 5. The van der Waals surface area contributed by atoms with Crippen LogP contribution in [-0.2, 0) is 0 Å². The van der Waals surface area contributed by atoms with Gasteiger partial charge in [0.25, 0.3) is 0 Å². The molecule has 100 valence electrons. The highest BCUT2D eigenvalue weighted by atomic mass is 35.5. The first-order chi connectivity index (χ1) is 8.66. The van der Waals surface area contributed by atoms with Crippen molar-refractivity contribution in [1.29, 1.82) is 0 Å². The van der Waals surface area contributed by atoms with Crippen LogP contribution in [0.4, 0.5) is 0 Å². The van der Waals surface area contributed by atoms with Crippen LogP contribution < -0.4 is 5.32 Å². The van der Waals surface area contributed by atoms with E-state index in [0.717, 1.165) is 17.5 Å². The van der Waals surface area contributed by atoms with Crippen molar-refractivity contribution in [3.05, 3.63) is 34.9 Å². The lowest BCUT2D eigenvalue weighted by Gasteiger charge is -2.24. The smallest absolute Gasteiger partial charge is 0.0406 e. The van der Waals surface area contributed by atoms with Crippen molar-refractivity contribution in [2.45, 2.75) is 26.3 Å². The molecule has 0 aliphatic carbocycles. The zero-order valence-corrected chi connectivity index (χ0v) is 12.7. The van der Waals surface area contributed by atoms with Gasteiger partial charge in [0.2, 0.25) is 0 Å². The molecule has 2 rings (SSSR count). The third-order valence-corrected chi connectivity index (χ3v) is 5.03. The number of hydrogen-bond acceptors (Lipinski definition) is 2. The Morgan fingerprint density at radius 3 is 2.61 bits per heavy atom. The normalized spacial score (nSPS) is 21.4. The molecular formula is C15H22ClNS. The summed E-state index contributed by atoms with van der Waals surface area (Å²) in [6, 6.07) is 8.69. The molecule has 1 fully saturated rings. The number of nitrogens with one attached hydrogen (secondary N) is 1. The third kappa shape index (κ3) is 3.91. The van der Waals surface area contributed by atoms with E-state index in [1.165, 1.54) is 23.5 Å². The molecule has 0 radical (unpaired) electrons. The van der Waals surface area contributed by atoms with E-state index in [-0.39, 0.29) is 0 Å². The van der Waals surface area contributed by atoms with Crippen LogP contribution in [-0.4, -0.2) is 18.1 Å². The molecule has 0 amide bonds. The number of hydrogen-bond donors (Lipinski definition) is 1. The summed E-state index contributed by atoms with van der Waals surface area (Å²) in [6.45, 7) is 5.68. The van der Waals surface area contributed by atoms with Crippen molar-refractivity contribution >= 4 is 23.4 Å². The SMILES string of the molecule is CC(C)C(NCC1CCSC1)c1ccc(Cl)cc1. The summed E-state index contributed by atoms with van der Waals surface area (Å²) in [6.07, 6.45) is 1.36. The van der Waals surface area contributed by atoms with Gasteiger partial charge >= 0.3 is 0 Å². The maximum atomic E-state index is 5.95. The van der Waals surface area contributed by atoms with Gasteiger partial charge in [-0.05, 0) is 54.0 Å². The fraction of sp³-hybridized carbons (Fsp3) is 0.600. The molecule has 1 aliphatic rings. The summed E-state index contributed by atoms with van der Waals surface area (Å²) >= 11 is 8.04. The van der Waals surface area contributed by atoms with E-state index < -0.39 is 0 Å². The molecule has 1 aromatic rings. The topological polar surface area (TPSA) is 12.0 Å². The lowest BCUT2D eigenvalue weighted by Crippen LogP contribution is -2.30. The van der Waals surface area contributed by atoms with Gasteiger partial charge in [0.15, 0.2) is 0 Å². The van der Waals surface area contributed by atoms with Gasteiger partial charge in [-0.25, -0.2) is 0 Å². The van der Waals surface area contributed by atoms with Crippen LogP contribution in [0.15, 0.2) is 24.3 Å². The van der Waals surface area contributed by atoms with Crippen molar-refractivity contribution in [1.82, 2.24) is 5.32 Å². The van der Waals surface area contributed by atoms with Crippen molar-refractivity contribution in [3.8, 4) is 0 Å². The molecule has 2 unspecified atom stereocenters. The second kappa shape index (κ2) is 6.83. The Morgan fingerprint density at radius 1 is 1.33 bits per heavy atom. The molecular weight excluding hydrogens is 262 g/mol. The maximum Gasteiger partial charge on any atom is 0.0406 e. The van der Waals surface area contributed by atoms with Gasteiger partial charge < -0.3 is 5.32 Å². The molecule has 0 saturated carbocycles. The predicted octanol–water partition coefficient (Wildman–Crippen LogP) is 4.38. The predicted molar refractivity (Wildman–Crippen MR) is 82.5 cm³/mol. The summed E-state index contributed by atoms with van der Waals surface area (Å²) in [5.41, 5.74) is 1.35. The average Bonchev–Trinajstić information content (AvgIpc) is 2.84. The fourth-order valence-electron chi connectivity index (χ4n) is 2.45. The van der Waals surface area contributed by atoms with Gasteiger partial charge in [0, 0.05) is 11.1 Å². The largest absolute Gasteiger partial charge is 0.309 e. The quantitative estimate of drug-likeness (QED) is 0.861.